The van der Waals surface area contributed by atoms with Gasteiger partial charge in [0.1, 0.15) is 12.7 Å². The minimum atomic E-state index is -1.80. The lowest BCUT2D eigenvalue weighted by Crippen LogP contribution is -2.69. The van der Waals surface area contributed by atoms with Gasteiger partial charge in [-0.3, -0.25) is 19.2 Å². The molecule has 1 saturated heterocycles. The monoisotopic (exact) mass is 360 g/mol. The maximum absolute atomic E-state index is 12.4. The molecule has 1 fully saturated rings. The van der Waals surface area contributed by atoms with Crippen LogP contribution in [0.2, 0.25) is 0 Å². The van der Waals surface area contributed by atoms with Gasteiger partial charge >= 0.3 is 17.9 Å². The second kappa shape index (κ2) is 8.77. The molecule has 0 bridgehead atoms. The van der Waals surface area contributed by atoms with Crippen molar-refractivity contribution in [3.8, 4) is 0 Å². The molecule has 0 aromatic carbocycles. The number of carbonyl (C=O) groups excluding carboxylic acids is 4. The van der Waals surface area contributed by atoms with E-state index in [1.807, 2.05) is 0 Å². The van der Waals surface area contributed by atoms with Crippen LogP contribution in [-0.2, 0) is 38.1 Å². The Kier molecular flexibility index (Phi) is 7.31. The smallest absolute Gasteiger partial charge is 0.303 e. The minimum Gasteiger partial charge on any atom is -0.829 e. The average molecular weight is 360 g/mol. The molecular formula is C15H22NO9-. The predicted octanol–water partition coefficient (Wildman–Crippen LogP) is -1.65. The van der Waals surface area contributed by atoms with Crippen molar-refractivity contribution in [2.24, 2.45) is 0 Å². The van der Waals surface area contributed by atoms with E-state index < -0.39 is 54.5 Å². The van der Waals surface area contributed by atoms with E-state index in [1.165, 1.54) is 14.0 Å². The minimum absolute atomic E-state index is 0.375. The molecule has 1 aliphatic heterocycles. The van der Waals surface area contributed by atoms with Crippen molar-refractivity contribution in [2.75, 3.05) is 13.7 Å². The summed E-state index contributed by atoms with van der Waals surface area (Å²) in [7, 11) is 1.34. The molecule has 10 heteroatoms. The van der Waals surface area contributed by atoms with Gasteiger partial charge in [0.2, 0.25) is 5.91 Å². The van der Waals surface area contributed by atoms with Crippen molar-refractivity contribution in [3.63, 3.8) is 0 Å². The van der Waals surface area contributed by atoms with Gasteiger partial charge in [-0.2, -0.15) is 0 Å². The third-order valence-electron chi connectivity index (χ3n) is 3.61. The van der Waals surface area contributed by atoms with Gasteiger partial charge in [0, 0.05) is 41.0 Å². The highest BCUT2D eigenvalue weighted by Crippen LogP contribution is 2.27. The summed E-state index contributed by atoms with van der Waals surface area (Å²) in [5.74, 6) is -2.54. The predicted molar refractivity (Wildman–Crippen MR) is 78.6 cm³/mol. The van der Waals surface area contributed by atoms with Crippen molar-refractivity contribution >= 4 is 23.8 Å². The molecule has 0 saturated carbocycles. The van der Waals surface area contributed by atoms with Crippen molar-refractivity contribution in [1.82, 2.24) is 4.90 Å². The molecule has 0 radical (unpaired) electrons. The third kappa shape index (κ3) is 5.68. The summed E-state index contributed by atoms with van der Waals surface area (Å²) in [6, 6.07) is -1.22. The standard InChI is InChI=1S/C15H22NO9/c1-7(17)16(5)12-14(24-10(4)20)13(23-9(3)19)11(25-15(12)21)6-22-8(2)18/h11-15H,6H2,1-5H3/q-1/t11-,12-,13-,14-,15-/m1/s1. The molecule has 5 atom stereocenters. The molecule has 0 aliphatic carbocycles. The summed E-state index contributed by atoms with van der Waals surface area (Å²) >= 11 is 0. The SMILES string of the molecule is CC(=O)OC[C@H]1O[C@@H]([O-])[C@H](N(C)C(C)=O)[C@@H](OC(C)=O)[C@@H]1OC(C)=O. The van der Waals surface area contributed by atoms with E-state index in [0.717, 1.165) is 25.7 Å². The van der Waals surface area contributed by atoms with E-state index in [-0.39, 0.29) is 6.61 Å². The van der Waals surface area contributed by atoms with E-state index >= 15 is 0 Å². The van der Waals surface area contributed by atoms with Gasteiger partial charge in [0.25, 0.3) is 0 Å². The van der Waals surface area contributed by atoms with E-state index in [1.54, 1.807) is 0 Å². The molecule has 0 N–H and O–H groups in total. The molecule has 10 nitrogen and oxygen atoms in total. The highest BCUT2D eigenvalue weighted by atomic mass is 16.7. The second-order valence-electron chi connectivity index (χ2n) is 5.61. The van der Waals surface area contributed by atoms with Gasteiger partial charge < -0.3 is 29.0 Å². The number of likely N-dealkylation sites (N-methyl/N-ethyl adjacent to an activating group) is 1. The van der Waals surface area contributed by atoms with Crippen LogP contribution >= 0.6 is 0 Å². The fraction of sp³-hybridized carbons (Fsp3) is 0.733. The number of rotatable bonds is 5. The van der Waals surface area contributed by atoms with Gasteiger partial charge in [0.15, 0.2) is 12.2 Å². The highest BCUT2D eigenvalue weighted by molar-refractivity contribution is 5.73. The number of carbonyl (C=O) groups is 4. The van der Waals surface area contributed by atoms with Crippen LogP contribution in [0.4, 0.5) is 0 Å². The van der Waals surface area contributed by atoms with E-state index in [9.17, 15) is 24.3 Å². The fourth-order valence-corrected chi connectivity index (χ4v) is 2.50. The fourth-order valence-electron chi connectivity index (χ4n) is 2.50. The lowest BCUT2D eigenvalue weighted by Gasteiger charge is -2.50. The number of esters is 3. The Morgan fingerprint density at radius 2 is 1.48 bits per heavy atom. The number of nitrogens with zero attached hydrogens (tertiary/aromatic N) is 1. The van der Waals surface area contributed by atoms with Crippen LogP contribution in [0.3, 0.4) is 0 Å². The Morgan fingerprint density at radius 1 is 0.960 bits per heavy atom. The quantitative estimate of drug-likeness (QED) is 0.417. The molecular weight excluding hydrogens is 338 g/mol. The Hall–Kier alpha value is -2.20. The molecule has 1 heterocycles. The zero-order valence-corrected chi connectivity index (χ0v) is 14.7. The lowest BCUT2D eigenvalue weighted by molar-refractivity contribution is -0.524. The lowest BCUT2D eigenvalue weighted by atomic mass is 9.95. The molecule has 0 unspecified atom stereocenters. The van der Waals surface area contributed by atoms with Gasteiger partial charge in [0.05, 0.1) is 6.04 Å². The van der Waals surface area contributed by atoms with Crippen molar-refractivity contribution in [1.29, 1.82) is 0 Å². The molecule has 0 aromatic rings. The topological polar surface area (TPSA) is 132 Å². The number of hydrogen-bond donors (Lipinski definition) is 0. The zero-order valence-electron chi connectivity index (χ0n) is 14.7. The molecule has 142 valence electrons. The van der Waals surface area contributed by atoms with Crippen LogP contribution in [0, 0.1) is 0 Å². The normalized spacial score (nSPS) is 28.6. The summed E-state index contributed by atoms with van der Waals surface area (Å²) < 4.78 is 20.4. The molecule has 1 rings (SSSR count). The van der Waals surface area contributed by atoms with Crippen LogP contribution in [0.25, 0.3) is 0 Å². The van der Waals surface area contributed by atoms with Gasteiger partial charge in [-0.1, -0.05) is 0 Å². The summed E-state index contributed by atoms with van der Waals surface area (Å²) in [5, 5.41) is 12.4. The van der Waals surface area contributed by atoms with E-state index in [2.05, 4.69) is 0 Å². The van der Waals surface area contributed by atoms with Crippen LogP contribution in [0.1, 0.15) is 27.7 Å². The third-order valence-corrected chi connectivity index (χ3v) is 3.61. The van der Waals surface area contributed by atoms with E-state index in [0.29, 0.717) is 0 Å². The molecule has 0 aromatic heterocycles. The largest absolute Gasteiger partial charge is 0.829 e. The van der Waals surface area contributed by atoms with Crippen LogP contribution in [-0.4, -0.2) is 73.0 Å². The molecule has 25 heavy (non-hydrogen) atoms. The van der Waals surface area contributed by atoms with Crippen molar-refractivity contribution < 1.29 is 43.2 Å². The summed E-state index contributed by atoms with van der Waals surface area (Å²) in [6.07, 6.45) is -5.44. The number of ether oxygens (including phenoxy) is 4. The van der Waals surface area contributed by atoms with Gasteiger partial charge in [-0.25, -0.2) is 0 Å². The Labute approximate surface area is 144 Å². The highest BCUT2D eigenvalue weighted by Gasteiger charge is 2.48. The summed E-state index contributed by atoms with van der Waals surface area (Å²) in [4.78, 5) is 46.6. The maximum atomic E-state index is 12.4. The van der Waals surface area contributed by atoms with Gasteiger partial charge in [-0.05, 0) is 0 Å². The van der Waals surface area contributed by atoms with Crippen LogP contribution < -0.4 is 5.11 Å². The molecule has 1 aliphatic rings. The Morgan fingerprint density at radius 3 is 1.92 bits per heavy atom. The maximum Gasteiger partial charge on any atom is 0.303 e. The van der Waals surface area contributed by atoms with Gasteiger partial charge in [-0.15, -0.1) is 0 Å². The Balaban J connectivity index is 3.21. The molecule has 0 spiro atoms. The first-order chi connectivity index (χ1) is 11.5. The van der Waals surface area contributed by atoms with Crippen LogP contribution in [0.5, 0.6) is 0 Å². The summed E-state index contributed by atoms with van der Waals surface area (Å²) in [5.41, 5.74) is 0. The Bertz CT molecular complexity index is 535. The number of hydrogen-bond acceptors (Lipinski definition) is 9. The average Bonchev–Trinajstić information content (AvgIpc) is 2.46. The first-order valence-corrected chi connectivity index (χ1v) is 7.57. The second-order valence-corrected chi connectivity index (χ2v) is 5.61. The van der Waals surface area contributed by atoms with Crippen molar-refractivity contribution in [3.05, 3.63) is 0 Å². The van der Waals surface area contributed by atoms with E-state index in [4.69, 9.17) is 18.9 Å². The van der Waals surface area contributed by atoms with Crippen LogP contribution in [0.15, 0.2) is 0 Å². The first-order valence-electron chi connectivity index (χ1n) is 7.57. The zero-order chi connectivity index (χ0) is 19.3. The first kappa shape index (κ1) is 20.8. The number of amides is 1. The van der Waals surface area contributed by atoms with Crippen molar-refractivity contribution in [2.45, 2.75) is 58.3 Å². The summed E-state index contributed by atoms with van der Waals surface area (Å²) in [6.45, 7) is 4.25. The molecule has 1 amide bonds.